The van der Waals surface area contributed by atoms with Crippen LogP contribution in [0, 0.1) is 47.3 Å². The van der Waals surface area contributed by atoms with E-state index in [1.165, 1.54) is 0 Å². The SMILES string of the molecule is C[C@@H]1[C@H](OCC(CO[C@H]2O[C@@H]3O[C@@]4(C)CC[C@H]5[C@H](C)CC[C@@H]([C@H]2C)[C@@]35OO4)NCc2ccc(C(=O)O)cc2)OC2O[C@]3(C)CC[C@@H]4[C@@H](C)CC[C@H]1[C@]24OO3. The van der Waals surface area contributed by atoms with E-state index in [9.17, 15) is 9.90 Å². The molecule has 13 heteroatoms. The van der Waals surface area contributed by atoms with Gasteiger partial charge in [-0.05, 0) is 93.7 Å². The third kappa shape index (κ3) is 6.11. The number of hydrogen-bond acceptors (Lipinski definition) is 12. The fourth-order valence-electron chi connectivity index (χ4n) is 11.7. The standard InChI is InChI=1S/C41H59NO12/c1-22-7-13-31-24(3)34(47-36-40(31)29(22)15-17-38(5,49-36)51-53-40)45-20-28(42-19-26-9-11-27(12-10-26)33(43)44)21-46-35-25(4)32-14-8-23(2)30-16-18-39(6)50-37(48-35)41(30,32)54-52-39/h9-12,22-25,28-32,34-37,42H,7-8,13-21H2,1-6H3,(H,43,44)/t22-,23+,24-,25+,28?,29+,30-,31+,32-,34+,35-,36-,37?,38-,39+,40-,41+/m1/s1. The third-order valence-electron chi connectivity index (χ3n) is 14.9. The van der Waals surface area contributed by atoms with Crippen molar-refractivity contribution < 1.29 is 57.9 Å². The Balaban J connectivity index is 0.921. The van der Waals surface area contributed by atoms with Crippen LogP contribution in [0.5, 0.6) is 0 Å². The summed E-state index contributed by atoms with van der Waals surface area (Å²) in [5, 5.41) is 13.0. The van der Waals surface area contributed by atoms with Crippen molar-refractivity contribution in [3.63, 3.8) is 0 Å². The summed E-state index contributed by atoms with van der Waals surface area (Å²) in [6.45, 7) is 14.0. The van der Waals surface area contributed by atoms with Crippen LogP contribution in [0.15, 0.2) is 24.3 Å². The van der Waals surface area contributed by atoms with E-state index >= 15 is 0 Å². The molecule has 1 aromatic rings. The van der Waals surface area contributed by atoms with Crippen molar-refractivity contribution in [3.8, 4) is 0 Å². The van der Waals surface area contributed by atoms with Gasteiger partial charge in [-0.2, -0.15) is 0 Å². The quantitative estimate of drug-likeness (QED) is 0.259. The second-order valence-electron chi connectivity index (χ2n) is 18.3. The van der Waals surface area contributed by atoms with Crippen molar-refractivity contribution in [1.29, 1.82) is 0 Å². The number of benzene rings is 1. The number of aromatic carboxylic acids is 1. The molecule has 2 saturated carbocycles. The second-order valence-corrected chi connectivity index (χ2v) is 18.3. The van der Waals surface area contributed by atoms with Gasteiger partial charge in [-0.15, -0.1) is 0 Å². The molecule has 10 aliphatic rings. The zero-order chi connectivity index (χ0) is 37.6. The molecule has 2 spiro atoms. The van der Waals surface area contributed by atoms with Crippen LogP contribution in [0.2, 0.25) is 0 Å². The Morgan fingerprint density at radius 1 is 0.722 bits per heavy atom. The van der Waals surface area contributed by atoms with Gasteiger partial charge >= 0.3 is 5.97 Å². The van der Waals surface area contributed by atoms with E-state index in [1.807, 2.05) is 26.0 Å². The maximum atomic E-state index is 11.5. The van der Waals surface area contributed by atoms with Crippen molar-refractivity contribution >= 4 is 5.97 Å². The van der Waals surface area contributed by atoms with Gasteiger partial charge in [0.25, 0.3) is 0 Å². The molecule has 54 heavy (non-hydrogen) atoms. The van der Waals surface area contributed by atoms with Crippen LogP contribution >= 0.6 is 0 Å². The van der Waals surface area contributed by atoms with Crippen LogP contribution in [-0.4, -0.2) is 78.3 Å². The highest BCUT2D eigenvalue weighted by Gasteiger charge is 2.71. The Hall–Kier alpha value is -1.75. The Kier molecular flexibility index (Phi) is 9.78. The smallest absolute Gasteiger partial charge is 0.335 e. The van der Waals surface area contributed by atoms with E-state index in [2.05, 4.69) is 33.0 Å². The lowest BCUT2D eigenvalue weighted by Gasteiger charge is -2.60. The van der Waals surface area contributed by atoms with E-state index in [1.54, 1.807) is 12.1 Å². The van der Waals surface area contributed by atoms with Crippen LogP contribution in [0.3, 0.4) is 0 Å². The Bertz CT molecular complexity index is 1470. The zero-order valence-electron chi connectivity index (χ0n) is 32.5. The molecule has 300 valence electrons. The first-order valence-corrected chi connectivity index (χ1v) is 20.5. The van der Waals surface area contributed by atoms with Crippen LogP contribution in [-0.2, 0) is 54.5 Å². The van der Waals surface area contributed by atoms with Gasteiger partial charge in [0.1, 0.15) is 0 Å². The number of carboxylic acids is 1. The molecule has 1 aromatic carbocycles. The van der Waals surface area contributed by atoms with Gasteiger partial charge in [0.05, 0.1) is 24.8 Å². The fourth-order valence-corrected chi connectivity index (χ4v) is 11.7. The molecule has 0 radical (unpaired) electrons. The average Bonchev–Trinajstić information content (AvgIpc) is 3.53. The predicted molar refractivity (Wildman–Crippen MR) is 190 cm³/mol. The minimum atomic E-state index is -0.952. The number of rotatable bonds is 10. The highest BCUT2D eigenvalue weighted by molar-refractivity contribution is 5.87. The average molecular weight is 758 g/mol. The molecule has 0 aromatic heterocycles. The first kappa shape index (κ1) is 37.8. The number of carbonyl (C=O) groups is 1. The van der Waals surface area contributed by atoms with Gasteiger partial charge in [-0.25, -0.2) is 24.3 Å². The molecule has 2 aliphatic carbocycles. The van der Waals surface area contributed by atoms with Crippen LogP contribution < -0.4 is 5.32 Å². The van der Waals surface area contributed by atoms with Gasteiger partial charge in [0, 0.05) is 43.1 Å². The van der Waals surface area contributed by atoms with Crippen molar-refractivity contribution in [2.75, 3.05) is 13.2 Å². The Morgan fingerprint density at radius 3 is 1.67 bits per heavy atom. The summed E-state index contributed by atoms with van der Waals surface area (Å²) >= 11 is 0. The molecule has 11 rings (SSSR count). The summed E-state index contributed by atoms with van der Waals surface area (Å²) in [5.41, 5.74) is -0.130. The Morgan fingerprint density at radius 2 is 1.20 bits per heavy atom. The lowest BCUT2D eigenvalue weighted by molar-refractivity contribution is -0.577. The van der Waals surface area contributed by atoms with Gasteiger partial charge < -0.3 is 38.8 Å². The van der Waals surface area contributed by atoms with Gasteiger partial charge in [-0.1, -0.05) is 39.8 Å². The van der Waals surface area contributed by atoms with Gasteiger partial charge in [0.15, 0.2) is 36.4 Å². The maximum Gasteiger partial charge on any atom is 0.335 e. The van der Waals surface area contributed by atoms with Crippen molar-refractivity contribution in [2.45, 2.75) is 153 Å². The lowest BCUT2D eigenvalue weighted by Crippen LogP contribution is -2.70. The van der Waals surface area contributed by atoms with E-state index in [0.29, 0.717) is 31.6 Å². The van der Waals surface area contributed by atoms with E-state index in [-0.39, 0.29) is 47.1 Å². The lowest BCUT2D eigenvalue weighted by atomic mass is 9.58. The molecular formula is C41H59NO12. The van der Waals surface area contributed by atoms with Crippen molar-refractivity contribution in [2.24, 2.45) is 47.3 Å². The summed E-state index contributed by atoms with van der Waals surface area (Å²) in [4.78, 5) is 36.2. The highest BCUT2D eigenvalue weighted by Crippen LogP contribution is 2.62. The van der Waals surface area contributed by atoms with Crippen LogP contribution in [0.4, 0.5) is 0 Å². The van der Waals surface area contributed by atoms with E-state index < -0.39 is 53.9 Å². The van der Waals surface area contributed by atoms with E-state index in [0.717, 1.165) is 56.9 Å². The summed E-state index contributed by atoms with van der Waals surface area (Å²) < 4.78 is 40.1. The van der Waals surface area contributed by atoms with Gasteiger partial charge in [-0.3, -0.25) is 0 Å². The molecule has 8 saturated heterocycles. The van der Waals surface area contributed by atoms with Crippen LogP contribution in [0.1, 0.15) is 109 Å². The third-order valence-corrected chi connectivity index (χ3v) is 14.9. The summed E-state index contributed by atoms with van der Waals surface area (Å²) in [6.07, 6.45) is 5.39. The predicted octanol–water partition coefficient (Wildman–Crippen LogP) is 6.29. The zero-order valence-corrected chi connectivity index (χ0v) is 32.5. The van der Waals surface area contributed by atoms with Crippen molar-refractivity contribution in [1.82, 2.24) is 5.32 Å². The number of nitrogens with one attached hydrogen (secondary N) is 1. The normalized spacial score (nSPS) is 49.7. The largest absolute Gasteiger partial charge is 0.478 e. The minimum Gasteiger partial charge on any atom is -0.478 e. The molecule has 0 amide bonds. The summed E-state index contributed by atoms with van der Waals surface area (Å²) in [6, 6.07) is 6.65. The number of fused-ring (bicyclic) bond motifs is 4. The topological polar surface area (TPSA) is 142 Å². The molecule has 8 aliphatic heterocycles. The van der Waals surface area contributed by atoms with E-state index in [4.69, 9.17) is 48.0 Å². The first-order chi connectivity index (χ1) is 25.8. The molecule has 2 unspecified atom stereocenters. The monoisotopic (exact) mass is 757 g/mol. The maximum absolute atomic E-state index is 11.5. The summed E-state index contributed by atoms with van der Waals surface area (Å²) in [7, 11) is 0. The molecule has 17 atom stereocenters. The second kappa shape index (κ2) is 14.0. The number of hydrogen-bond donors (Lipinski definition) is 2. The molecular weight excluding hydrogens is 698 g/mol. The molecule has 13 nitrogen and oxygen atoms in total. The molecule has 4 bridgehead atoms. The Labute approximate surface area is 318 Å². The van der Waals surface area contributed by atoms with Gasteiger partial charge in [0.2, 0.25) is 11.6 Å². The number of ether oxygens (including phenoxy) is 6. The molecule has 8 heterocycles. The molecule has 2 N–H and O–H groups in total. The molecule has 10 fully saturated rings. The van der Waals surface area contributed by atoms with Crippen molar-refractivity contribution in [3.05, 3.63) is 35.4 Å². The minimum absolute atomic E-state index is 0.0296. The number of carboxylic acid groups (broad SMARTS) is 1. The fraction of sp³-hybridized carbons (Fsp3) is 0.829. The highest BCUT2D eigenvalue weighted by atomic mass is 17.3. The first-order valence-electron chi connectivity index (χ1n) is 20.5. The summed E-state index contributed by atoms with van der Waals surface area (Å²) in [5.74, 6) is -0.827. The van der Waals surface area contributed by atoms with Crippen LogP contribution in [0.25, 0.3) is 0 Å².